The standard InChI is InChI=1S/C17H26N4O7/c1-3-13(23)20-12(16(26)19-10-22)9-14(24)18-4-6-28-7-5-21-15(25)8-11(2)17(21)27/h10-12H,3-9H2,1-2H3,(H,18,24)(H,20,23)(H,19,22,26). The van der Waals surface area contributed by atoms with Gasteiger partial charge in [0.15, 0.2) is 0 Å². The van der Waals surface area contributed by atoms with Crippen LogP contribution in [0.15, 0.2) is 0 Å². The third-order valence-corrected chi connectivity index (χ3v) is 4.06. The number of hydrogen-bond acceptors (Lipinski definition) is 7. The maximum atomic E-state index is 11.9. The van der Waals surface area contributed by atoms with Crippen molar-refractivity contribution >= 4 is 35.9 Å². The second-order valence-electron chi connectivity index (χ2n) is 6.26. The summed E-state index contributed by atoms with van der Waals surface area (Å²) >= 11 is 0. The largest absolute Gasteiger partial charge is 0.378 e. The zero-order chi connectivity index (χ0) is 21.1. The van der Waals surface area contributed by atoms with Crippen LogP contribution in [0.3, 0.4) is 0 Å². The van der Waals surface area contributed by atoms with E-state index < -0.39 is 23.8 Å². The second-order valence-corrected chi connectivity index (χ2v) is 6.26. The fraction of sp³-hybridized carbons (Fsp3) is 0.647. The van der Waals surface area contributed by atoms with Crippen LogP contribution in [-0.4, -0.2) is 73.2 Å². The lowest BCUT2D eigenvalue weighted by atomic mass is 10.1. The number of rotatable bonds is 12. The number of nitrogens with one attached hydrogen (secondary N) is 3. The van der Waals surface area contributed by atoms with Gasteiger partial charge in [0.05, 0.1) is 26.2 Å². The van der Waals surface area contributed by atoms with Crippen LogP contribution in [0.1, 0.15) is 33.1 Å². The number of ether oxygens (including phenoxy) is 1. The maximum Gasteiger partial charge on any atom is 0.249 e. The average molecular weight is 398 g/mol. The smallest absolute Gasteiger partial charge is 0.249 e. The first kappa shape index (κ1) is 23.2. The van der Waals surface area contributed by atoms with Gasteiger partial charge >= 0.3 is 0 Å². The van der Waals surface area contributed by atoms with Crippen molar-refractivity contribution in [1.29, 1.82) is 0 Å². The van der Waals surface area contributed by atoms with Crippen molar-refractivity contribution in [3.63, 3.8) is 0 Å². The molecule has 11 nitrogen and oxygen atoms in total. The SMILES string of the molecule is CCC(=O)NC(CC(=O)NCCOCCN1C(=O)CC(C)C1=O)C(=O)NC=O. The highest BCUT2D eigenvalue weighted by Crippen LogP contribution is 2.17. The molecule has 2 atom stereocenters. The first-order valence-corrected chi connectivity index (χ1v) is 9.02. The number of nitrogens with zero attached hydrogens (tertiary/aromatic N) is 1. The van der Waals surface area contributed by atoms with Gasteiger partial charge in [-0.1, -0.05) is 13.8 Å². The van der Waals surface area contributed by atoms with Crippen LogP contribution in [0.5, 0.6) is 0 Å². The molecule has 0 saturated carbocycles. The molecule has 0 radical (unpaired) electrons. The van der Waals surface area contributed by atoms with E-state index in [-0.39, 0.29) is 69.7 Å². The van der Waals surface area contributed by atoms with Gasteiger partial charge < -0.3 is 15.4 Å². The molecule has 11 heteroatoms. The minimum Gasteiger partial charge on any atom is -0.378 e. The lowest BCUT2D eigenvalue weighted by Crippen LogP contribution is -2.48. The average Bonchev–Trinajstić information content (AvgIpc) is 2.89. The van der Waals surface area contributed by atoms with E-state index in [1.165, 1.54) is 0 Å². The number of carbonyl (C=O) groups is 6. The maximum absolute atomic E-state index is 11.9. The molecule has 0 aliphatic carbocycles. The van der Waals surface area contributed by atoms with Crippen molar-refractivity contribution in [2.75, 3.05) is 26.3 Å². The molecular formula is C17H26N4O7. The van der Waals surface area contributed by atoms with E-state index in [9.17, 15) is 28.8 Å². The minimum atomic E-state index is -1.16. The Balaban J connectivity index is 2.28. The first-order chi connectivity index (χ1) is 13.3. The van der Waals surface area contributed by atoms with E-state index in [2.05, 4.69) is 10.6 Å². The number of hydrogen-bond donors (Lipinski definition) is 3. The molecule has 0 aromatic carbocycles. The molecule has 1 heterocycles. The lowest BCUT2D eigenvalue weighted by molar-refractivity contribution is -0.140. The van der Waals surface area contributed by atoms with Crippen LogP contribution in [-0.2, 0) is 33.5 Å². The van der Waals surface area contributed by atoms with Gasteiger partial charge in [0.25, 0.3) is 0 Å². The van der Waals surface area contributed by atoms with Gasteiger partial charge in [-0.15, -0.1) is 0 Å². The summed E-state index contributed by atoms with van der Waals surface area (Å²) in [5, 5.41) is 6.79. The van der Waals surface area contributed by atoms with Crippen molar-refractivity contribution in [1.82, 2.24) is 20.9 Å². The van der Waals surface area contributed by atoms with Gasteiger partial charge in [-0.05, 0) is 0 Å². The van der Waals surface area contributed by atoms with Crippen molar-refractivity contribution in [3.05, 3.63) is 0 Å². The van der Waals surface area contributed by atoms with Crippen LogP contribution < -0.4 is 16.0 Å². The molecule has 3 N–H and O–H groups in total. The zero-order valence-corrected chi connectivity index (χ0v) is 16.0. The zero-order valence-electron chi connectivity index (χ0n) is 16.0. The highest BCUT2D eigenvalue weighted by molar-refractivity contribution is 6.03. The highest BCUT2D eigenvalue weighted by Gasteiger charge is 2.34. The Morgan fingerprint density at radius 2 is 1.96 bits per heavy atom. The van der Waals surface area contributed by atoms with E-state index in [4.69, 9.17) is 4.74 Å². The summed E-state index contributed by atoms with van der Waals surface area (Å²) in [6, 6.07) is -1.16. The Morgan fingerprint density at radius 3 is 2.54 bits per heavy atom. The topological polar surface area (TPSA) is 151 Å². The second kappa shape index (κ2) is 11.8. The highest BCUT2D eigenvalue weighted by atomic mass is 16.5. The van der Waals surface area contributed by atoms with E-state index in [1.54, 1.807) is 13.8 Å². The quantitative estimate of drug-likeness (QED) is 0.197. The summed E-state index contributed by atoms with van der Waals surface area (Å²) in [7, 11) is 0. The molecule has 0 bridgehead atoms. The molecule has 1 aliphatic heterocycles. The molecule has 0 aromatic rings. The Labute approximate surface area is 162 Å². The summed E-state index contributed by atoms with van der Waals surface area (Å²) in [6.45, 7) is 3.88. The molecule has 1 rings (SSSR count). The number of likely N-dealkylation sites (tertiary alicyclic amines) is 1. The summed E-state index contributed by atoms with van der Waals surface area (Å²) in [5.74, 6) is -2.45. The van der Waals surface area contributed by atoms with E-state index in [0.29, 0.717) is 0 Å². The van der Waals surface area contributed by atoms with Crippen LogP contribution in [0.2, 0.25) is 0 Å². The molecule has 6 amide bonds. The summed E-state index contributed by atoms with van der Waals surface area (Å²) in [5.41, 5.74) is 0. The van der Waals surface area contributed by atoms with Gasteiger partial charge in [0, 0.05) is 25.3 Å². The Morgan fingerprint density at radius 1 is 1.25 bits per heavy atom. The fourth-order valence-corrected chi connectivity index (χ4v) is 2.53. The summed E-state index contributed by atoms with van der Waals surface area (Å²) < 4.78 is 5.29. The normalized spacial score (nSPS) is 17.2. The van der Waals surface area contributed by atoms with E-state index >= 15 is 0 Å². The van der Waals surface area contributed by atoms with Gasteiger partial charge in [-0.3, -0.25) is 39.0 Å². The molecule has 1 saturated heterocycles. The van der Waals surface area contributed by atoms with Gasteiger partial charge in [-0.25, -0.2) is 0 Å². The molecule has 1 fully saturated rings. The Hall–Kier alpha value is -2.82. The Kier molecular flexibility index (Phi) is 9.79. The number of imide groups is 2. The first-order valence-electron chi connectivity index (χ1n) is 9.02. The third kappa shape index (κ3) is 7.43. The summed E-state index contributed by atoms with van der Waals surface area (Å²) in [4.78, 5) is 70.0. The van der Waals surface area contributed by atoms with Crippen LogP contribution >= 0.6 is 0 Å². The van der Waals surface area contributed by atoms with Gasteiger partial charge in [0.2, 0.25) is 35.9 Å². The summed E-state index contributed by atoms with van der Waals surface area (Å²) in [6.07, 6.45) is 0.180. The van der Waals surface area contributed by atoms with Gasteiger partial charge in [0.1, 0.15) is 6.04 Å². The molecule has 28 heavy (non-hydrogen) atoms. The molecule has 156 valence electrons. The van der Waals surface area contributed by atoms with Crippen molar-refractivity contribution in [3.8, 4) is 0 Å². The third-order valence-electron chi connectivity index (χ3n) is 4.06. The van der Waals surface area contributed by atoms with Crippen molar-refractivity contribution in [2.24, 2.45) is 5.92 Å². The van der Waals surface area contributed by atoms with Crippen LogP contribution in [0.4, 0.5) is 0 Å². The molecule has 1 aliphatic rings. The van der Waals surface area contributed by atoms with Gasteiger partial charge in [-0.2, -0.15) is 0 Å². The Bertz CT molecular complexity index is 623. The van der Waals surface area contributed by atoms with Crippen LogP contribution in [0, 0.1) is 5.92 Å². The molecule has 0 aromatic heterocycles. The monoisotopic (exact) mass is 398 g/mol. The van der Waals surface area contributed by atoms with Crippen molar-refractivity contribution in [2.45, 2.75) is 39.2 Å². The predicted molar refractivity (Wildman–Crippen MR) is 95.4 cm³/mol. The minimum absolute atomic E-state index is 0.126. The number of carbonyl (C=O) groups excluding carboxylic acids is 6. The van der Waals surface area contributed by atoms with E-state index in [1.807, 2.05) is 5.32 Å². The lowest BCUT2D eigenvalue weighted by Gasteiger charge is -2.16. The fourth-order valence-electron chi connectivity index (χ4n) is 2.53. The van der Waals surface area contributed by atoms with E-state index in [0.717, 1.165) is 4.90 Å². The molecule has 0 spiro atoms. The molecular weight excluding hydrogens is 372 g/mol. The molecule has 2 unspecified atom stereocenters. The van der Waals surface area contributed by atoms with Crippen LogP contribution in [0.25, 0.3) is 0 Å². The number of amides is 6. The predicted octanol–water partition coefficient (Wildman–Crippen LogP) is -1.93. The van der Waals surface area contributed by atoms with Crippen molar-refractivity contribution < 1.29 is 33.5 Å².